The highest BCUT2D eigenvalue weighted by Gasteiger charge is 2.18. The normalized spacial score (nSPS) is 12.0. The van der Waals surface area contributed by atoms with Gasteiger partial charge >= 0.3 is 0 Å². The van der Waals surface area contributed by atoms with Crippen molar-refractivity contribution in [2.75, 3.05) is 5.32 Å². The Morgan fingerprint density at radius 3 is 2.30 bits per heavy atom. The van der Waals surface area contributed by atoms with Gasteiger partial charge in [-0.3, -0.25) is 4.79 Å². The third kappa shape index (κ3) is 2.74. The molecule has 1 aliphatic rings. The Labute approximate surface area is 143 Å². The molecule has 1 N–H and O–H groups in total. The van der Waals surface area contributed by atoms with E-state index in [1.165, 1.54) is 0 Å². The summed E-state index contributed by atoms with van der Waals surface area (Å²) in [6, 6.07) is 20.9. The van der Waals surface area contributed by atoms with Gasteiger partial charge in [-0.1, -0.05) is 53.7 Å². The first-order valence-electron chi connectivity index (χ1n) is 7.19. The third-order valence-electron chi connectivity index (χ3n) is 3.71. The highest BCUT2D eigenvalue weighted by molar-refractivity contribution is 7.99. The molecule has 0 saturated heterocycles. The van der Waals surface area contributed by atoms with E-state index in [2.05, 4.69) is 5.32 Å². The van der Waals surface area contributed by atoms with Gasteiger partial charge in [-0.05, 0) is 36.4 Å². The van der Waals surface area contributed by atoms with Crippen molar-refractivity contribution in [1.29, 1.82) is 0 Å². The Bertz CT molecular complexity index is 908. The SMILES string of the molecule is O=C(c1ccccc1)c1ccc2c(c1)Nc1cc(Cl)ccc1S2. The fourth-order valence-corrected chi connectivity index (χ4v) is 3.69. The Morgan fingerprint density at radius 1 is 0.826 bits per heavy atom. The van der Waals surface area contributed by atoms with Crippen LogP contribution < -0.4 is 5.32 Å². The summed E-state index contributed by atoms with van der Waals surface area (Å²) in [6.45, 7) is 0. The van der Waals surface area contributed by atoms with E-state index < -0.39 is 0 Å². The topological polar surface area (TPSA) is 29.1 Å². The molecule has 1 heterocycles. The van der Waals surface area contributed by atoms with E-state index in [0.717, 1.165) is 21.2 Å². The Kier molecular flexibility index (Phi) is 3.60. The number of ketones is 1. The quantitative estimate of drug-likeness (QED) is 0.470. The van der Waals surface area contributed by atoms with E-state index in [1.807, 2.05) is 66.7 Å². The molecular formula is C19H12ClNOS. The monoisotopic (exact) mass is 337 g/mol. The van der Waals surface area contributed by atoms with Crippen molar-refractivity contribution in [3.05, 3.63) is 82.9 Å². The number of anilines is 2. The van der Waals surface area contributed by atoms with Gasteiger partial charge in [-0.15, -0.1) is 0 Å². The second-order valence-corrected chi connectivity index (χ2v) is 6.79. The molecule has 0 unspecified atom stereocenters. The number of halogens is 1. The minimum Gasteiger partial charge on any atom is -0.354 e. The first-order chi connectivity index (χ1) is 11.2. The summed E-state index contributed by atoms with van der Waals surface area (Å²) in [5.74, 6) is 0.0251. The van der Waals surface area contributed by atoms with Crippen molar-refractivity contribution >= 4 is 40.5 Å². The van der Waals surface area contributed by atoms with Gasteiger partial charge in [-0.2, -0.15) is 0 Å². The van der Waals surface area contributed by atoms with Crippen LogP contribution in [0.3, 0.4) is 0 Å². The Morgan fingerprint density at radius 2 is 1.52 bits per heavy atom. The number of benzene rings is 3. The molecule has 0 aliphatic carbocycles. The lowest BCUT2D eigenvalue weighted by Crippen LogP contribution is -2.05. The van der Waals surface area contributed by atoms with Gasteiger partial charge in [-0.25, -0.2) is 0 Å². The van der Waals surface area contributed by atoms with Crippen LogP contribution in [-0.4, -0.2) is 5.78 Å². The van der Waals surface area contributed by atoms with Crippen LogP contribution in [0, 0.1) is 0 Å². The summed E-state index contributed by atoms with van der Waals surface area (Å²) in [5, 5.41) is 4.06. The van der Waals surface area contributed by atoms with Crippen LogP contribution in [0.2, 0.25) is 5.02 Å². The van der Waals surface area contributed by atoms with Crippen molar-refractivity contribution < 1.29 is 4.79 Å². The number of carbonyl (C=O) groups is 1. The van der Waals surface area contributed by atoms with Crippen LogP contribution in [0.25, 0.3) is 0 Å². The fourth-order valence-electron chi connectivity index (χ4n) is 2.57. The molecule has 0 bridgehead atoms. The van der Waals surface area contributed by atoms with E-state index in [1.54, 1.807) is 11.8 Å². The molecule has 23 heavy (non-hydrogen) atoms. The summed E-state index contributed by atoms with van der Waals surface area (Å²) < 4.78 is 0. The van der Waals surface area contributed by atoms with Crippen LogP contribution in [0.15, 0.2) is 76.5 Å². The fraction of sp³-hybridized carbons (Fsp3) is 0. The summed E-state index contributed by atoms with van der Waals surface area (Å²) in [7, 11) is 0. The second kappa shape index (κ2) is 5.76. The van der Waals surface area contributed by atoms with Crippen LogP contribution in [0.1, 0.15) is 15.9 Å². The van der Waals surface area contributed by atoms with Crippen LogP contribution in [-0.2, 0) is 0 Å². The van der Waals surface area contributed by atoms with E-state index in [-0.39, 0.29) is 5.78 Å². The maximum Gasteiger partial charge on any atom is 0.193 e. The van der Waals surface area contributed by atoms with E-state index in [0.29, 0.717) is 16.1 Å². The summed E-state index contributed by atoms with van der Waals surface area (Å²) >= 11 is 7.74. The molecule has 112 valence electrons. The number of hydrogen-bond acceptors (Lipinski definition) is 3. The average Bonchev–Trinajstić information content (AvgIpc) is 2.59. The molecule has 2 nitrogen and oxygen atoms in total. The van der Waals surface area contributed by atoms with Crippen LogP contribution >= 0.6 is 23.4 Å². The van der Waals surface area contributed by atoms with Crippen LogP contribution in [0.5, 0.6) is 0 Å². The molecule has 3 aromatic carbocycles. The van der Waals surface area contributed by atoms with E-state index in [9.17, 15) is 4.79 Å². The van der Waals surface area contributed by atoms with E-state index >= 15 is 0 Å². The molecule has 0 radical (unpaired) electrons. The Hall–Kier alpha value is -2.23. The van der Waals surface area contributed by atoms with Crippen molar-refractivity contribution in [1.82, 2.24) is 0 Å². The van der Waals surface area contributed by atoms with Gasteiger partial charge < -0.3 is 5.32 Å². The minimum absolute atomic E-state index is 0.0251. The number of fused-ring (bicyclic) bond motifs is 2. The molecular weight excluding hydrogens is 326 g/mol. The molecule has 0 fully saturated rings. The van der Waals surface area contributed by atoms with Gasteiger partial charge in [0, 0.05) is 25.9 Å². The van der Waals surface area contributed by atoms with Gasteiger partial charge in [0.2, 0.25) is 0 Å². The lowest BCUT2D eigenvalue weighted by atomic mass is 10.0. The van der Waals surface area contributed by atoms with Gasteiger partial charge in [0.15, 0.2) is 5.78 Å². The summed E-state index contributed by atoms with van der Waals surface area (Å²) in [5.41, 5.74) is 3.28. The molecule has 3 aromatic rings. The van der Waals surface area contributed by atoms with Gasteiger partial charge in [0.05, 0.1) is 11.4 Å². The van der Waals surface area contributed by atoms with Crippen LogP contribution in [0.4, 0.5) is 11.4 Å². The molecule has 0 atom stereocenters. The second-order valence-electron chi connectivity index (χ2n) is 5.27. The van der Waals surface area contributed by atoms with Crippen molar-refractivity contribution in [2.24, 2.45) is 0 Å². The van der Waals surface area contributed by atoms with E-state index in [4.69, 9.17) is 11.6 Å². The van der Waals surface area contributed by atoms with Crippen molar-refractivity contribution in [3.63, 3.8) is 0 Å². The van der Waals surface area contributed by atoms with Crippen molar-refractivity contribution in [3.8, 4) is 0 Å². The lowest BCUT2D eigenvalue weighted by molar-refractivity contribution is 0.103. The average molecular weight is 338 g/mol. The highest BCUT2D eigenvalue weighted by Crippen LogP contribution is 2.45. The highest BCUT2D eigenvalue weighted by atomic mass is 35.5. The zero-order valence-corrected chi connectivity index (χ0v) is 13.6. The predicted octanol–water partition coefficient (Wildman–Crippen LogP) is 5.78. The van der Waals surface area contributed by atoms with Gasteiger partial charge in [0.25, 0.3) is 0 Å². The first-order valence-corrected chi connectivity index (χ1v) is 8.38. The number of carbonyl (C=O) groups excluding carboxylic acids is 1. The number of rotatable bonds is 2. The third-order valence-corrected chi connectivity index (χ3v) is 5.10. The van der Waals surface area contributed by atoms with Crippen molar-refractivity contribution in [2.45, 2.75) is 9.79 Å². The lowest BCUT2D eigenvalue weighted by Gasteiger charge is -2.21. The Balaban J connectivity index is 1.70. The summed E-state index contributed by atoms with van der Waals surface area (Å²) in [6.07, 6.45) is 0. The maximum atomic E-state index is 12.6. The molecule has 1 aliphatic heterocycles. The predicted molar refractivity (Wildman–Crippen MR) is 95.2 cm³/mol. The smallest absolute Gasteiger partial charge is 0.193 e. The largest absolute Gasteiger partial charge is 0.354 e. The standard InChI is InChI=1S/C19H12ClNOS/c20-14-7-9-18-16(11-14)21-15-10-13(6-8-17(15)23-18)19(22)12-4-2-1-3-5-12/h1-11,21H. The number of hydrogen-bond donors (Lipinski definition) is 1. The molecule has 0 spiro atoms. The zero-order valence-electron chi connectivity index (χ0n) is 12.0. The molecule has 0 amide bonds. The molecule has 0 saturated carbocycles. The molecule has 0 aromatic heterocycles. The maximum absolute atomic E-state index is 12.6. The van der Waals surface area contributed by atoms with Gasteiger partial charge in [0.1, 0.15) is 0 Å². The first kappa shape index (κ1) is 14.4. The zero-order chi connectivity index (χ0) is 15.8. The minimum atomic E-state index is 0.0251. The number of nitrogens with one attached hydrogen (secondary N) is 1. The summed E-state index contributed by atoms with van der Waals surface area (Å²) in [4.78, 5) is 14.8. The molecule has 4 rings (SSSR count). The molecule has 4 heteroatoms.